The fourth-order valence-corrected chi connectivity index (χ4v) is 9.48. The average Bonchev–Trinajstić information content (AvgIpc) is 3.11. The second-order valence-electron chi connectivity index (χ2n) is 12.2. The van der Waals surface area contributed by atoms with Gasteiger partial charge in [0, 0.05) is 23.9 Å². The van der Waals surface area contributed by atoms with Crippen LogP contribution in [0.2, 0.25) is 0 Å². The highest BCUT2D eigenvalue weighted by Gasteiger charge is 2.65. The Morgan fingerprint density at radius 3 is 2.69 bits per heavy atom. The van der Waals surface area contributed by atoms with Crippen molar-refractivity contribution in [2.45, 2.75) is 76.9 Å². The fraction of sp³-hybridized carbons (Fsp3) is 0.741. The normalized spacial score (nSPS) is 46.8. The standard InChI is InChI=1S/C27H35N3O2/c1-26-9-6-17-18-7-10-27(32)12-23(27)20(18)3-2-19(17)21(26)4-5-22(26)25(31)15-30-11-8-16-13-28-29-24(16)14-30/h8,11,13-14,17-23,32H,2-7,9-10,12,15H2,1H3/t17-,18-,19-,20+,21+,22-,23?,26+,27+/m1/s1. The Bertz CT molecular complexity index is 1030. The Kier molecular flexibility index (Phi) is 4.09. The molecule has 7 rings (SSSR count). The Morgan fingerprint density at radius 2 is 1.84 bits per heavy atom. The zero-order valence-corrected chi connectivity index (χ0v) is 19.1. The molecule has 0 spiro atoms. The highest BCUT2D eigenvalue weighted by atomic mass is 16.3. The van der Waals surface area contributed by atoms with Crippen molar-refractivity contribution < 1.29 is 9.90 Å². The molecule has 0 aromatic carbocycles. The van der Waals surface area contributed by atoms with Crippen LogP contribution in [-0.2, 0) is 11.3 Å². The number of hydrogen-bond donors (Lipinski definition) is 1. The fourth-order valence-electron chi connectivity index (χ4n) is 9.48. The molecule has 2 aliphatic heterocycles. The van der Waals surface area contributed by atoms with Crippen molar-refractivity contribution in [3.8, 4) is 11.3 Å². The van der Waals surface area contributed by atoms with Gasteiger partial charge in [0.15, 0.2) is 5.78 Å². The first kappa shape index (κ1) is 19.7. The van der Waals surface area contributed by atoms with Gasteiger partial charge in [0.2, 0.25) is 0 Å². The monoisotopic (exact) mass is 433 g/mol. The highest BCUT2D eigenvalue weighted by Crippen LogP contribution is 2.68. The first-order chi connectivity index (χ1) is 15.5. The summed E-state index contributed by atoms with van der Waals surface area (Å²) in [4.78, 5) is 13.5. The summed E-state index contributed by atoms with van der Waals surface area (Å²) in [6.45, 7) is 2.90. The van der Waals surface area contributed by atoms with E-state index in [1.54, 1.807) is 6.20 Å². The summed E-state index contributed by atoms with van der Waals surface area (Å²) >= 11 is 0. The number of carbonyl (C=O) groups excluding carboxylic acids is 1. The molecule has 0 amide bonds. The van der Waals surface area contributed by atoms with Gasteiger partial charge in [0.25, 0.3) is 0 Å². The molecular formula is C27H35N3O2. The van der Waals surface area contributed by atoms with E-state index < -0.39 is 0 Å². The Labute approximate surface area is 190 Å². The molecular weight excluding hydrogens is 398 g/mol. The van der Waals surface area contributed by atoms with Gasteiger partial charge in [-0.05, 0) is 105 Å². The third-order valence-corrected chi connectivity index (χ3v) is 11.1. The molecule has 5 nitrogen and oxygen atoms in total. The molecule has 0 saturated heterocycles. The molecule has 32 heavy (non-hydrogen) atoms. The predicted molar refractivity (Wildman–Crippen MR) is 121 cm³/mol. The van der Waals surface area contributed by atoms with Crippen molar-refractivity contribution in [1.29, 1.82) is 0 Å². The van der Waals surface area contributed by atoms with Crippen molar-refractivity contribution in [1.82, 2.24) is 14.8 Å². The molecule has 0 radical (unpaired) electrons. The van der Waals surface area contributed by atoms with Gasteiger partial charge in [-0.15, -0.1) is 5.10 Å². The number of carbonyl (C=O) groups is 1. The van der Waals surface area contributed by atoms with Crippen LogP contribution in [0.25, 0.3) is 11.3 Å². The molecule has 5 saturated carbocycles. The molecule has 1 unspecified atom stereocenters. The average molecular weight is 434 g/mol. The highest BCUT2D eigenvalue weighted by molar-refractivity contribution is 5.82. The van der Waals surface area contributed by atoms with E-state index in [9.17, 15) is 9.90 Å². The quantitative estimate of drug-likeness (QED) is 0.769. The number of aromatic nitrogens is 3. The Hall–Kier alpha value is -1.75. The van der Waals surface area contributed by atoms with Crippen LogP contribution < -0.4 is 0 Å². The molecule has 5 heteroatoms. The maximum absolute atomic E-state index is 13.5. The maximum Gasteiger partial charge on any atom is 0.156 e. The van der Waals surface area contributed by atoms with Gasteiger partial charge in [-0.3, -0.25) is 4.79 Å². The lowest BCUT2D eigenvalue weighted by Gasteiger charge is -2.56. The van der Waals surface area contributed by atoms with Gasteiger partial charge in [0.05, 0.1) is 18.3 Å². The number of aliphatic hydroxyl groups is 1. The molecule has 7 aliphatic rings. The SMILES string of the molecule is C[C@]12CC[C@@H]3[C@H]4CC[C@]5(O)CC5[C@H]4CC[C@H]3[C@@H]1CC[C@@H]2C(=O)Cn1ccc2cnnc-2c1. The minimum atomic E-state index is -0.281. The molecule has 5 fully saturated rings. The van der Waals surface area contributed by atoms with Crippen LogP contribution >= 0.6 is 0 Å². The van der Waals surface area contributed by atoms with Gasteiger partial charge in [-0.1, -0.05) is 6.92 Å². The van der Waals surface area contributed by atoms with Crippen LogP contribution in [0.1, 0.15) is 64.7 Å². The zero-order chi connectivity index (χ0) is 21.7. The number of pyridine rings is 1. The van der Waals surface area contributed by atoms with E-state index in [0.717, 1.165) is 54.2 Å². The lowest BCUT2D eigenvalue weighted by atomic mass is 9.49. The van der Waals surface area contributed by atoms with Crippen LogP contribution in [0, 0.1) is 46.8 Å². The summed E-state index contributed by atoms with van der Waals surface area (Å²) in [6, 6.07) is 2.01. The van der Waals surface area contributed by atoms with Crippen molar-refractivity contribution in [2.24, 2.45) is 46.8 Å². The van der Waals surface area contributed by atoms with Crippen LogP contribution in [-0.4, -0.2) is 31.3 Å². The smallest absolute Gasteiger partial charge is 0.156 e. The third kappa shape index (κ3) is 2.69. The predicted octanol–water partition coefficient (Wildman–Crippen LogP) is 4.58. The van der Waals surface area contributed by atoms with Gasteiger partial charge < -0.3 is 9.67 Å². The number of hydrogen-bond acceptors (Lipinski definition) is 4. The van der Waals surface area contributed by atoms with E-state index in [0.29, 0.717) is 24.2 Å². The van der Waals surface area contributed by atoms with Crippen LogP contribution in [0.3, 0.4) is 0 Å². The Morgan fingerprint density at radius 1 is 1.06 bits per heavy atom. The lowest BCUT2D eigenvalue weighted by Crippen LogP contribution is -2.50. The summed E-state index contributed by atoms with van der Waals surface area (Å²) < 4.78 is 2.01. The lowest BCUT2D eigenvalue weighted by molar-refractivity contribution is -0.131. The van der Waals surface area contributed by atoms with Gasteiger partial charge in [-0.2, -0.15) is 5.10 Å². The van der Waals surface area contributed by atoms with Gasteiger partial charge >= 0.3 is 0 Å². The van der Waals surface area contributed by atoms with E-state index in [1.807, 2.05) is 23.0 Å². The number of ketones is 1. The molecule has 170 valence electrons. The minimum absolute atomic E-state index is 0.171. The van der Waals surface area contributed by atoms with Gasteiger partial charge in [0.1, 0.15) is 5.69 Å². The van der Waals surface area contributed by atoms with Crippen LogP contribution in [0.15, 0.2) is 24.7 Å². The molecule has 5 aliphatic carbocycles. The molecule has 0 aromatic rings. The summed E-state index contributed by atoms with van der Waals surface area (Å²) in [7, 11) is 0. The summed E-state index contributed by atoms with van der Waals surface area (Å²) in [6.07, 6.45) is 16.6. The van der Waals surface area contributed by atoms with E-state index in [-0.39, 0.29) is 16.9 Å². The summed E-state index contributed by atoms with van der Waals surface area (Å²) in [5.41, 5.74) is 1.78. The minimum Gasteiger partial charge on any atom is -0.390 e. The van der Waals surface area contributed by atoms with Crippen LogP contribution in [0.4, 0.5) is 0 Å². The maximum atomic E-state index is 13.5. The van der Waals surface area contributed by atoms with Crippen molar-refractivity contribution in [3.63, 3.8) is 0 Å². The first-order valence-electron chi connectivity index (χ1n) is 13.0. The second kappa shape index (κ2) is 6.65. The second-order valence-corrected chi connectivity index (χ2v) is 12.2. The summed E-state index contributed by atoms with van der Waals surface area (Å²) in [5, 5.41) is 18.8. The topological polar surface area (TPSA) is 68.0 Å². The molecule has 9 atom stereocenters. The van der Waals surface area contributed by atoms with E-state index >= 15 is 0 Å². The number of fused-ring (bicyclic) bond motifs is 8. The number of rotatable bonds is 3. The van der Waals surface area contributed by atoms with E-state index in [4.69, 9.17) is 0 Å². The summed E-state index contributed by atoms with van der Waals surface area (Å²) in [5.74, 6) is 5.20. The largest absolute Gasteiger partial charge is 0.390 e. The molecule has 2 heterocycles. The third-order valence-electron chi connectivity index (χ3n) is 11.1. The van der Waals surface area contributed by atoms with E-state index in [2.05, 4.69) is 17.1 Å². The molecule has 0 bridgehead atoms. The number of Topliss-reactive ketones (excluding diaryl/α,β-unsaturated/α-hetero) is 1. The van der Waals surface area contributed by atoms with Crippen molar-refractivity contribution >= 4 is 5.78 Å². The van der Waals surface area contributed by atoms with Crippen molar-refractivity contribution in [2.75, 3.05) is 0 Å². The first-order valence-corrected chi connectivity index (χ1v) is 13.0. The zero-order valence-electron chi connectivity index (χ0n) is 19.1. The van der Waals surface area contributed by atoms with Gasteiger partial charge in [-0.25, -0.2) is 0 Å². The molecule has 1 N–H and O–H groups in total. The molecule has 0 aromatic heterocycles. The van der Waals surface area contributed by atoms with E-state index in [1.165, 1.54) is 38.5 Å². The Balaban J connectivity index is 1.09. The van der Waals surface area contributed by atoms with Crippen molar-refractivity contribution in [3.05, 3.63) is 24.7 Å². The van der Waals surface area contributed by atoms with Crippen LogP contribution in [0.5, 0.6) is 0 Å². The number of nitrogens with zero attached hydrogens (tertiary/aromatic N) is 3.